The third-order valence-electron chi connectivity index (χ3n) is 1.46. The Kier molecular flexibility index (Phi) is 4.28. The molecule has 6 nitrogen and oxygen atoms in total. The molecule has 0 aliphatic rings. The molecule has 0 heterocycles. The summed E-state index contributed by atoms with van der Waals surface area (Å²) in [6.07, 6.45) is 0. The number of rotatable bonds is 3. The second kappa shape index (κ2) is 5.11. The van der Waals surface area contributed by atoms with Gasteiger partial charge in [0, 0.05) is 0 Å². The maximum atomic E-state index is 10.1. The number of hydrogen-bond acceptors (Lipinski definition) is 5. The minimum atomic E-state index is -1.13. The molecule has 1 aromatic rings. The highest BCUT2D eigenvalue weighted by Gasteiger charge is 2.19. The Morgan fingerprint density at radius 3 is 2.31 bits per heavy atom. The van der Waals surface area contributed by atoms with Crippen molar-refractivity contribution >= 4 is 52.1 Å². The zero-order valence-corrected chi connectivity index (χ0v) is 10.3. The lowest BCUT2D eigenvalue weighted by Crippen LogP contribution is -2.33. The highest BCUT2D eigenvalue weighted by atomic mass is 35.5. The van der Waals surface area contributed by atoms with Crippen molar-refractivity contribution in [2.24, 2.45) is 5.84 Å². The standard InChI is InChI=1S/C6H3Cl4N3O3/c7-2-1-3(8)6(5(10)4(2)9)12(11)16-13(14)15/h1H,11H2. The van der Waals surface area contributed by atoms with Crippen LogP contribution in [0.3, 0.4) is 0 Å². The van der Waals surface area contributed by atoms with E-state index in [9.17, 15) is 10.1 Å². The lowest BCUT2D eigenvalue weighted by atomic mass is 10.3. The fraction of sp³-hybridized carbons (Fsp3) is 0. The summed E-state index contributed by atoms with van der Waals surface area (Å²) in [5.74, 6) is 5.22. The van der Waals surface area contributed by atoms with E-state index in [1.807, 2.05) is 0 Å². The van der Waals surface area contributed by atoms with Crippen molar-refractivity contribution in [3.63, 3.8) is 0 Å². The Balaban J connectivity index is 3.23. The number of benzene rings is 1. The number of halogens is 4. The Labute approximate surface area is 109 Å². The fourth-order valence-corrected chi connectivity index (χ4v) is 1.95. The summed E-state index contributed by atoms with van der Waals surface area (Å²) in [6.45, 7) is 0. The van der Waals surface area contributed by atoms with Crippen LogP contribution in [0.25, 0.3) is 0 Å². The van der Waals surface area contributed by atoms with Gasteiger partial charge in [0.1, 0.15) is 5.69 Å². The molecule has 16 heavy (non-hydrogen) atoms. The third-order valence-corrected chi connectivity index (χ3v) is 3.01. The smallest absolute Gasteiger partial charge is 0.223 e. The zero-order valence-electron chi connectivity index (χ0n) is 7.29. The average molecular weight is 307 g/mol. The first-order valence-corrected chi connectivity index (χ1v) is 5.06. The van der Waals surface area contributed by atoms with Crippen molar-refractivity contribution < 1.29 is 10.0 Å². The second-order valence-electron chi connectivity index (χ2n) is 2.45. The molecule has 0 amide bonds. The highest BCUT2D eigenvalue weighted by Crippen LogP contribution is 2.42. The van der Waals surface area contributed by atoms with Crippen LogP contribution in [0.2, 0.25) is 20.1 Å². The summed E-state index contributed by atoms with van der Waals surface area (Å²) < 4.78 is 0. The number of anilines is 1. The second-order valence-corrected chi connectivity index (χ2v) is 4.02. The quantitative estimate of drug-likeness (QED) is 0.305. The molecule has 0 radical (unpaired) electrons. The Morgan fingerprint density at radius 2 is 1.81 bits per heavy atom. The van der Waals surface area contributed by atoms with Gasteiger partial charge in [0.2, 0.25) is 0 Å². The van der Waals surface area contributed by atoms with Crippen LogP contribution in [0.4, 0.5) is 5.69 Å². The molecule has 0 spiro atoms. The summed E-state index contributed by atoms with van der Waals surface area (Å²) in [7, 11) is 0. The normalized spacial score (nSPS) is 10.1. The van der Waals surface area contributed by atoms with Crippen molar-refractivity contribution in [1.29, 1.82) is 0 Å². The maximum absolute atomic E-state index is 10.1. The van der Waals surface area contributed by atoms with Gasteiger partial charge in [0.05, 0.1) is 20.1 Å². The molecule has 1 rings (SSSR count). The predicted molar refractivity (Wildman–Crippen MR) is 61.2 cm³/mol. The summed E-state index contributed by atoms with van der Waals surface area (Å²) in [5.41, 5.74) is -0.158. The molecule has 0 fully saturated rings. The summed E-state index contributed by atoms with van der Waals surface area (Å²) in [5, 5.41) is 9.10. The number of hydrogen-bond donors (Lipinski definition) is 1. The van der Waals surface area contributed by atoms with Gasteiger partial charge >= 0.3 is 5.09 Å². The first-order chi connectivity index (χ1) is 7.34. The highest BCUT2D eigenvalue weighted by molar-refractivity contribution is 6.51. The average Bonchev–Trinajstić information content (AvgIpc) is 2.13. The van der Waals surface area contributed by atoms with Gasteiger partial charge in [-0.2, -0.15) is 4.94 Å². The number of nitrogens with zero attached hydrogens (tertiary/aromatic N) is 2. The Hall–Kier alpha value is -0.660. The summed E-state index contributed by atoms with van der Waals surface area (Å²) >= 11 is 22.9. The molecule has 0 bridgehead atoms. The van der Waals surface area contributed by atoms with E-state index in [0.717, 1.165) is 0 Å². The Morgan fingerprint density at radius 1 is 1.25 bits per heavy atom. The molecule has 1 aromatic carbocycles. The molecule has 10 heteroatoms. The molecule has 88 valence electrons. The largest absolute Gasteiger partial charge is 0.318 e. The molecular formula is C6H3Cl4N3O3. The lowest BCUT2D eigenvalue weighted by molar-refractivity contribution is -0.762. The van der Waals surface area contributed by atoms with E-state index in [2.05, 4.69) is 4.94 Å². The maximum Gasteiger partial charge on any atom is 0.318 e. The van der Waals surface area contributed by atoms with E-state index in [-0.39, 0.29) is 31.0 Å². The number of nitrogens with two attached hydrogens (primary N) is 1. The van der Waals surface area contributed by atoms with Gasteiger partial charge in [0.15, 0.2) is 0 Å². The third kappa shape index (κ3) is 2.72. The van der Waals surface area contributed by atoms with Gasteiger partial charge in [-0.1, -0.05) is 46.4 Å². The number of hydrazine groups is 1. The van der Waals surface area contributed by atoms with Gasteiger partial charge in [-0.25, -0.2) is 5.84 Å². The van der Waals surface area contributed by atoms with Gasteiger partial charge in [-0.3, -0.25) is 0 Å². The van der Waals surface area contributed by atoms with E-state index in [1.54, 1.807) is 0 Å². The van der Waals surface area contributed by atoms with Gasteiger partial charge in [0.25, 0.3) is 0 Å². The fourth-order valence-electron chi connectivity index (χ4n) is 0.871. The molecular weight excluding hydrogens is 304 g/mol. The van der Waals surface area contributed by atoms with E-state index in [1.165, 1.54) is 6.07 Å². The van der Waals surface area contributed by atoms with Crippen molar-refractivity contribution in [3.05, 3.63) is 36.3 Å². The minimum absolute atomic E-state index is 0.0369. The molecule has 0 aliphatic carbocycles. The predicted octanol–water partition coefficient (Wildman–Crippen LogP) is 3.10. The monoisotopic (exact) mass is 305 g/mol. The summed E-state index contributed by atoms with van der Waals surface area (Å²) in [6, 6.07) is 1.23. The van der Waals surface area contributed by atoms with Crippen LogP contribution in [0.5, 0.6) is 0 Å². The van der Waals surface area contributed by atoms with Crippen molar-refractivity contribution in [3.8, 4) is 0 Å². The van der Waals surface area contributed by atoms with E-state index >= 15 is 0 Å². The van der Waals surface area contributed by atoms with Crippen molar-refractivity contribution in [2.75, 3.05) is 5.17 Å². The van der Waals surface area contributed by atoms with Crippen LogP contribution in [-0.4, -0.2) is 5.09 Å². The van der Waals surface area contributed by atoms with Crippen LogP contribution in [0.15, 0.2) is 6.07 Å². The van der Waals surface area contributed by atoms with Crippen LogP contribution in [0, 0.1) is 10.1 Å². The molecule has 0 saturated carbocycles. The van der Waals surface area contributed by atoms with Gasteiger partial charge in [-0.05, 0) is 6.07 Å². The van der Waals surface area contributed by atoms with Crippen LogP contribution < -0.4 is 11.0 Å². The van der Waals surface area contributed by atoms with Crippen molar-refractivity contribution in [2.45, 2.75) is 0 Å². The van der Waals surface area contributed by atoms with E-state index in [4.69, 9.17) is 52.2 Å². The zero-order chi connectivity index (χ0) is 12.5. The molecule has 0 atom stereocenters. The molecule has 0 saturated heterocycles. The minimum Gasteiger partial charge on any atom is -0.223 e. The first-order valence-electron chi connectivity index (χ1n) is 3.55. The Bertz CT molecular complexity index is 442. The van der Waals surface area contributed by atoms with Crippen LogP contribution in [0.1, 0.15) is 0 Å². The van der Waals surface area contributed by atoms with Gasteiger partial charge in [-0.15, -0.1) is 15.3 Å². The molecule has 0 unspecified atom stereocenters. The summed E-state index contributed by atoms with van der Waals surface area (Å²) in [4.78, 5) is 14.0. The van der Waals surface area contributed by atoms with Crippen LogP contribution in [-0.2, 0) is 4.94 Å². The lowest BCUT2D eigenvalue weighted by Gasteiger charge is -2.18. The SMILES string of the molecule is NN(O[N+](=O)[O-])c1c(Cl)cc(Cl)c(Cl)c1Cl. The van der Waals surface area contributed by atoms with Crippen LogP contribution >= 0.6 is 46.4 Å². The molecule has 2 N–H and O–H groups in total. The topological polar surface area (TPSA) is 81.6 Å². The van der Waals surface area contributed by atoms with Crippen molar-refractivity contribution in [1.82, 2.24) is 0 Å². The van der Waals surface area contributed by atoms with Gasteiger partial charge < -0.3 is 0 Å². The van der Waals surface area contributed by atoms with E-state index < -0.39 is 5.09 Å². The molecule has 0 aromatic heterocycles. The van der Waals surface area contributed by atoms with E-state index in [0.29, 0.717) is 0 Å². The first kappa shape index (κ1) is 13.4. The molecule has 0 aliphatic heterocycles.